The monoisotopic (exact) mass is 429 g/mol. The average Bonchev–Trinajstić information content (AvgIpc) is 3.24. The second kappa shape index (κ2) is 7.87. The molecule has 0 radical (unpaired) electrons. The lowest BCUT2D eigenvalue weighted by Gasteiger charge is -2.09. The van der Waals surface area contributed by atoms with Crippen LogP contribution in [0.3, 0.4) is 0 Å². The van der Waals surface area contributed by atoms with E-state index in [0.29, 0.717) is 34.4 Å². The lowest BCUT2D eigenvalue weighted by molar-refractivity contribution is -0.384. The number of rotatable bonds is 6. The molecule has 11 heteroatoms. The maximum Gasteiger partial charge on any atom is 0.272 e. The number of nitro benzene ring substituents is 1. The number of methoxy groups -OCH3 is 1. The number of ether oxygens (including phenoxy) is 2. The molecule has 5 aromatic rings. The fourth-order valence-corrected chi connectivity index (χ4v) is 3.24. The quantitative estimate of drug-likeness (QED) is 0.295. The van der Waals surface area contributed by atoms with Crippen molar-refractivity contribution in [3.05, 3.63) is 76.9 Å². The minimum absolute atomic E-state index is 0.0297. The molecule has 3 heterocycles. The highest BCUT2D eigenvalue weighted by Crippen LogP contribution is 2.28. The molecule has 5 rings (SSSR count). The molecule has 158 valence electrons. The second-order valence-electron chi connectivity index (χ2n) is 6.76. The Morgan fingerprint density at radius 3 is 2.84 bits per heavy atom. The van der Waals surface area contributed by atoms with Crippen molar-refractivity contribution in [2.24, 2.45) is 0 Å². The van der Waals surface area contributed by atoms with Crippen LogP contribution in [0.25, 0.3) is 27.9 Å². The van der Waals surface area contributed by atoms with Gasteiger partial charge in [-0.2, -0.15) is 9.61 Å². The van der Waals surface area contributed by atoms with Gasteiger partial charge in [-0.1, -0.05) is 12.1 Å². The summed E-state index contributed by atoms with van der Waals surface area (Å²) in [5, 5.41) is 24.5. The van der Waals surface area contributed by atoms with Gasteiger partial charge in [-0.15, -0.1) is 10.2 Å². The van der Waals surface area contributed by atoms with Crippen molar-refractivity contribution in [2.45, 2.75) is 6.61 Å². The number of non-ortho nitro benzene ring substituents is 1. The Hall–Kier alpha value is -4.67. The number of nitro groups is 1. The van der Waals surface area contributed by atoms with Crippen molar-refractivity contribution in [1.82, 2.24) is 29.8 Å². The molecule has 3 aromatic heterocycles. The highest BCUT2D eigenvalue weighted by Gasteiger charge is 2.14. The predicted molar refractivity (Wildman–Crippen MR) is 113 cm³/mol. The van der Waals surface area contributed by atoms with Gasteiger partial charge in [0.05, 0.1) is 23.7 Å². The number of benzene rings is 2. The van der Waals surface area contributed by atoms with Crippen molar-refractivity contribution < 1.29 is 14.4 Å². The summed E-state index contributed by atoms with van der Waals surface area (Å²) < 4.78 is 12.7. The van der Waals surface area contributed by atoms with Crippen LogP contribution in [0.15, 0.2) is 60.9 Å². The summed E-state index contributed by atoms with van der Waals surface area (Å²) in [5.74, 6) is 2.05. The number of hydrogen-bond acceptors (Lipinski definition) is 9. The zero-order valence-corrected chi connectivity index (χ0v) is 16.7. The molecule has 0 saturated heterocycles. The van der Waals surface area contributed by atoms with Crippen molar-refractivity contribution in [2.75, 3.05) is 7.11 Å². The van der Waals surface area contributed by atoms with Gasteiger partial charge in [-0.25, -0.2) is 4.98 Å². The summed E-state index contributed by atoms with van der Waals surface area (Å²) in [7, 11) is 1.60. The van der Waals surface area contributed by atoms with Gasteiger partial charge >= 0.3 is 0 Å². The largest absolute Gasteiger partial charge is 0.497 e. The molecule has 0 unspecified atom stereocenters. The molecule has 0 aliphatic carbocycles. The van der Waals surface area contributed by atoms with Gasteiger partial charge in [-0.05, 0) is 18.2 Å². The predicted octanol–water partition coefficient (Wildman–Crippen LogP) is 3.23. The van der Waals surface area contributed by atoms with Gasteiger partial charge in [0.25, 0.3) is 11.5 Å². The first-order valence-electron chi connectivity index (χ1n) is 9.50. The third-order valence-corrected chi connectivity index (χ3v) is 4.82. The fourth-order valence-electron chi connectivity index (χ4n) is 3.24. The number of fused-ring (bicyclic) bond motifs is 2. The maximum atomic E-state index is 11.1. The van der Waals surface area contributed by atoms with Gasteiger partial charge in [0, 0.05) is 35.3 Å². The molecule has 0 fully saturated rings. The van der Waals surface area contributed by atoms with Crippen LogP contribution >= 0.6 is 0 Å². The van der Waals surface area contributed by atoms with Crippen molar-refractivity contribution >= 4 is 22.4 Å². The summed E-state index contributed by atoms with van der Waals surface area (Å²) in [6.45, 7) is 0.0827. The summed E-state index contributed by atoms with van der Waals surface area (Å²) in [6, 6.07) is 13.5. The van der Waals surface area contributed by atoms with Crippen LogP contribution in [-0.2, 0) is 6.61 Å². The van der Waals surface area contributed by atoms with Crippen LogP contribution in [0.1, 0.15) is 5.82 Å². The number of pyridine rings is 1. The smallest absolute Gasteiger partial charge is 0.272 e. The van der Waals surface area contributed by atoms with E-state index in [1.807, 2.05) is 18.2 Å². The average molecular weight is 429 g/mol. The Morgan fingerprint density at radius 2 is 2.00 bits per heavy atom. The minimum Gasteiger partial charge on any atom is -0.497 e. The van der Waals surface area contributed by atoms with Gasteiger partial charge in [-0.3, -0.25) is 15.1 Å². The molecule has 0 atom stereocenters. The van der Waals surface area contributed by atoms with Crippen molar-refractivity contribution in [3.8, 4) is 22.8 Å². The van der Waals surface area contributed by atoms with Crippen LogP contribution in [0.5, 0.6) is 11.5 Å². The van der Waals surface area contributed by atoms with E-state index in [4.69, 9.17) is 9.47 Å². The van der Waals surface area contributed by atoms with Gasteiger partial charge in [0.2, 0.25) is 0 Å². The molecule has 0 spiro atoms. The fraction of sp³-hybridized carbons (Fsp3) is 0.0952. The Labute approximate surface area is 180 Å². The van der Waals surface area contributed by atoms with Gasteiger partial charge < -0.3 is 9.47 Å². The summed E-state index contributed by atoms with van der Waals surface area (Å²) in [4.78, 5) is 19.2. The normalized spacial score (nSPS) is 11.0. The van der Waals surface area contributed by atoms with Gasteiger partial charge in [0.15, 0.2) is 5.82 Å². The summed E-state index contributed by atoms with van der Waals surface area (Å²) >= 11 is 0. The first kappa shape index (κ1) is 19.3. The number of hydrogen-bond donors (Lipinski definition) is 0. The van der Waals surface area contributed by atoms with Crippen LogP contribution in [0.4, 0.5) is 5.69 Å². The number of nitrogens with zero attached hydrogens (tertiary/aromatic N) is 7. The van der Waals surface area contributed by atoms with Crippen molar-refractivity contribution in [3.63, 3.8) is 0 Å². The Kier molecular flexibility index (Phi) is 4.75. The van der Waals surface area contributed by atoms with Crippen LogP contribution < -0.4 is 9.47 Å². The van der Waals surface area contributed by atoms with Crippen LogP contribution in [-0.4, -0.2) is 41.8 Å². The molecule has 11 nitrogen and oxygen atoms in total. The highest BCUT2D eigenvalue weighted by molar-refractivity contribution is 5.85. The van der Waals surface area contributed by atoms with Crippen LogP contribution in [0, 0.1) is 10.1 Å². The first-order valence-corrected chi connectivity index (χ1v) is 9.50. The topological polar surface area (TPSA) is 130 Å². The van der Waals surface area contributed by atoms with E-state index in [1.165, 1.54) is 22.8 Å². The number of aromatic nitrogens is 6. The molecular formula is C21H15N7O4. The van der Waals surface area contributed by atoms with Crippen molar-refractivity contribution in [1.29, 1.82) is 0 Å². The first-order chi connectivity index (χ1) is 15.6. The molecule has 0 bridgehead atoms. The second-order valence-corrected chi connectivity index (χ2v) is 6.76. The minimum atomic E-state index is -0.456. The van der Waals surface area contributed by atoms with E-state index in [0.717, 1.165) is 10.9 Å². The lowest BCUT2D eigenvalue weighted by Crippen LogP contribution is -2.06. The standard InChI is InChI=1S/C21H15N7O4/c1-31-15-5-6-16-17(10-15)22-8-7-19(16)32-12-20-24-25-21-23-11-18(26-27(20)21)13-3-2-4-14(9-13)28(29)30/h2-11H,12H2,1H3. The molecule has 2 aromatic carbocycles. The Balaban J connectivity index is 1.46. The molecule has 32 heavy (non-hydrogen) atoms. The Morgan fingerprint density at radius 1 is 1.09 bits per heavy atom. The van der Waals surface area contributed by atoms with Gasteiger partial charge in [0.1, 0.15) is 23.8 Å². The maximum absolute atomic E-state index is 11.1. The zero-order valence-electron chi connectivity index (χ0n) is 16.7. The SMILES string of the molecule is COc1ccc2c(OCc3nnc4ncc(-c5cccc([N+](=O)[O-])c5)nn34)ccnc2c1. The highest BCUT2D eigenvalue weighted by atomic mass is 16.6. The van der Waals surface area contributed by atoms with E-state index < -0.39 is 4.92 Å². The zero-order chi connectivity index (χ0) is 22.1. The molecular weight excluding hydrogens is 414 g/mol. The third-order valence-electron chi connectivity index (χ3n) is 4.82. The molecule has 0 amide bonds. The lowest BCUT2D eigenvalue weighted by atomic mass is 10.1. The van der Waals surface area contributed by atoms with Crippen LogP contribution in [0.2, 0.25) is 0 Å². The summed E-state index contributed by atoms with van der Waals surface area (Å²) in [6.07, 6.45) is 3.15. The van der Waals surface area contributed by atoms with E-state index >= 15 is 0 Å². The Bertz CT molecular complexity index is 1470. The van der Waals surface area contributed by atoms with E-state index in [-0.39, 0.29) is 12.3 Å². The molecule has 0 saturated carbocycles. The van der Waals surface area contributed by atoms with E-state index in [2.05, 4.69) is 25.3 Å². The molecule has 0 N–H and O–H groups in total. The van der Waals surface area contributed by atoms with E-state index in [9.17, 15) is 10.1 Å². The third kappa shape index (κ3) is 3.51. The van der Waals surface area contributed by atoms with E-state index in [1.54, 1.807) is 31.5 Å². The molecule has 0 aliphatic heterocycles. The summed E-state index contributed by atoms with van der Waals surface area (Å²) in [5.41, 5.74) is 1.71. The molecule has 0 aliphatic rings.